The number of hydrogen-bond donors (Lipinski definition) is 1. The van der Waals surface area contributed by atoms with Crippen LogP contribution in [0.25, 0.3) is 38.5 Å². The zero-order valence-electron chi connectivity index (χ0n) is 31.8. The molecule has 58 heavy (non-hydrogen) atoms. The summed E-state index contributed by atoms with van der Waals surface area (Å²) in [6.45, 7) is 0.892. The Morgan fingerprint density at radius 1 is 1.03 bits per heavy atom. The summed E-state index contributed by atoms with van der Waals surface area (Å²) in [6.07, 6.45) is 9.06. The van der Waals surface area contributed by atoms with Gasteiger partial charge in [0.1, 0.15) is 17.2 Å². The summed E-state index contributed by atoms with van der Waals surface area (Å²) >= 11 is 13.3. The molecule has 298 valence electrons. The fourth-order valence-corrected chi connectivity index (χ4v) is 10.5. The van der Waals surface area contributed by atoms with Crippen molar-refractivity contribution in [1.82, 2.24) is 19.8 Å². The standard InChI is InChI=1S/C46H42Cl2F3N5O2/c47-33-11-4-10-29(40(33)48)39-26(9-6-16-52)17-30-43(41(39)51)54-42(24-7-2-1-3-8-24)31-20-38(56(45(30)31)44-27-18-36(44)53-21-27)37-19-28(22-55(37)46(57)25-14-15-25)58-23-32-34(49)12-5-13-35(32)50/h4-5,7,10-13,17,20,25,27-28,36-37,44,53H,1-3,6,8-9,14-15,18-19,21-23H2/t27-,28+,36-,37-,44+/m1/s1. The van der Waals surface area contributed by atoms with Gasteiger partial charge in [-0.3, -0.25) is 4.79 Å². The first-order valence-electron chi connectivity index (χ1n) is 20.5. The van der Waals surface area contributed by atoms with Gasteiger partial charge in [0.15, 0.2) is 5.82 Å². The van der Waals surface area contributed by atoms with Crippen LogP contribution < -0.4 is 5.32 Å². The average molecular weight is 825 g/mol. The molecule has 5 heterocycles. The molecular weight excluding hydrogens is 782 g/mol. The van der Waals surface area contributed by atoms with Crippen molar-refractivity contribution in [2.24, 2.45) is 11.8 Å². The van der Waals surface area contributed by atoms with E-state index in [1.807, 2.05) is 11.0 Å². The fraction of sp³-hybridized carbons (Fsp3) is 0.413. The molecule has 5 fully saturated rings. The van der Waals surface area contributed by atoms with E-state index < -0.39 is 29.6 Å². The molecule has 0 unspecified atom stereocenters. The molecule has 12 heteroatoms. The number of pyridine rings is 1. The van der Waals surface area contributed by atoms with Gasteiger partial charge in [-0.2, -0.15) is 5.26 Å². The minimum Gasteiger partial charge on any atom is -0.371 e. The zero-order valence-corrected chi connectivity index (χ0v) is 33.4. The lowest BCUT2D eigenvalue weighted by Gasteiger charge is -2.39. The summed E-state index contributed by atoms with van der Waals surface area (Å²) in [7, 11) is 0. The highest BCUT2D eigenvalue weighted by Crippen LogP contribution is 2.52. The van der Waals surface area contributed by atoms with Crippen LogP contribution >= 0.6 is 23.2 Å². The SMILES string of the molecule is N#CCCc1cc2c(nc(C3=CCCCC3)c3cc([C@H]4C[C@H](OCc5c(F)cccc5F)CN4C(=O)C4CC4)n([C@H]4[C@H]5CN[C@@H]4C5)c32)c(F)c1-c1cccc(Cl)c1Cl. The third-order valence-corrected chi connectivity index (χ3v) is 14.0. The van der Waals surface area contributed by atoms with Crippen molar-refractivity contribution in [1.29, 1.82) is 5.26 Å². The van der Waals surface area contributed by atoms with Gasteiger partial charge in [-0.15, -0.1) is 0 Å². The quantitative estimate of drug-likeness (QED) is 0.152. The summed E-state index contributed by atoms with van der Waals surface area (Å²) in [5.74, 6) is -1.52. The van der Waals surface area contributed by atoms with Crippen LogP contribution in [0.15, 0.2) is 54.6 Å². The van der Waals surface area contributed by atoms with Gasteiger partial charge in [0.25, 0.3) is 0 Å². The molecule has 2 bridgehead atoms. The highest BCUT2D eigenvalue weighted by atomic mass is 35.5. The number of likely N-dealkylation sites (tertiary alicyclic amines) is 1. The molecule has 1 N–H and O–H groups in total. The maximum absolute atomic E-state index is 17.7. The smallest absolute Gasteiger partial charge is 0.226 e. The Morgan fingerprint density at radius 3 is 2.55 bits per heavy atom. The lowest BCUT2D eigenvalue weighted by Crippen LogP contribution is -2.41. The van der Waals surface area contributed by atoms with Crippen molar-refractivity contribution < 1.29 is 22.7 Å². The van der Waals surface area contributed by atoms with E-state index in [4.69, 9.17) is 32.9 Å². The van der Waals surface area contributed by atoms with E-state index >= 15 is 4.39 Å². The third-order valence-electron chi connectivity index (χ3n) is 13.2. The van der Waals surface area contributed by atoms with Crippen LogP contribution in [0.5, 0.6) is 0 Å². The van der Waals surface area contributed by atoms with E-state index in [-0.39, 0.29) is 65.0 Å². The van der Waals surface area contributed by atoms with Crippen LogP contribution in [0, 0.1) is 40.6 Å². The van der Waals surface area contributed by atoms with Gasteiger partial charge in [0.05, 0.1) is 52.1 Å². The Kier molecular flexibility index (Phi) is 9.79. The predicted molar refractivity (Wildman–Crippen MR) is 219 cm³/mol. The number of nitrogens with zero attached hydrogens (tertiary/aromatic N) is 4. The minimum atomic E-state index is -0.667. The molecule has 7 nitrogen and oxygen atoms in total. The van der Waals surface area contributed by atoms with E-state index in [0.29, 0.717) is 40.4 Å². The number of nitriles is 1. The van der Waals surface area contributed by atoms with E-state index in [1.165, 1.54) is 18.2 Å². The molecule has 6 aliphatic rings. The van der Waals surface area contributed by atoms with Crippen LogP contribution in [-0.2, 0) is 22.6 Å². The first-order valence-corrected chi connectivity index (χ1v) is 21.3. The molecule has 3 saturated heterocycles. The van der Waals surface area contributed by atoms with Gasteiger partial charge in [0.2, 0.25) is 5.91 Å². The van der Waals surface area contributed by atoms with Crippen LogP contribution in [0.3, 0.4) is 0 Å². The van der Waals surface area contributed by atoms with Gasteiger partial charge in [0, 0.05) is 71.0 Å². The summed E-state index contributed by atoms with van der Waals surface area (Å²) in [5, 5.41) is 15.5. The lowest BCUT2D eigenvalue weighted by atomic mass is 9.79. The highest BCUT2D eigenvalue weighted by Gasteiger charge is 2.51. The Morgan fingerprint density at radius 2 is 1.84 bits per heavy atom. The second kappa shape index (κ2) is 15.0. The van der Waals surface area contributed by atoms with E-state index in [1.54, 1.807) is 18.2 Å². The highest BCUT2D eigenvalue weighted by molar-refractivity contribution is 6.43. The molecule has 2 saturated carbocycles. The second-order valence-electron chi connectivity index (χ2n) is 16.7. The van der Waals surface area contributed by atoms with Crippen molar-refractivity contribution >= 4 is 56.5 Å². The summed E-state index contributed by atoms with van der Waals surface area (Å²) in [5.41, 5.74) is 5.05. The van der Waals surface area contributed by atoms with Crippen LogP contribution in [0.4, 0.5) is 13.2 Å². The van der Waals surface area contributed by atoms with Crippen LogP contribution in [-0.4, -0.2) is 45.6 Å². The van der Waals surface area contributed by atoms with Crippen molar-refractivity contribution in [3.8, 4) is 17.2 Å². The number of rotatable bonds is 10. The number of amides is 1. The molecule has 1 amide bonds. The van der Waals surface area contributed by atoms with Crippen LogP contribution in [0.2, 0.25) is 10.0 Å². The number of aromatic nitrogens is 2. The van der Waals surface area contributed by atoms with Gasteiger partial charge in [-0.05, 0) is 98.8 Å². The van der Waals surface area contributed by atoms with Crippen LogP contribution in [0.1, 0.15) is 92.4 Å². The number of halogens is 5. The van der Waals surface area contributed by atoms with Crippen molar-refractivity contribution in [3.05, 3.63) is 105 Å². The number of carbonyl (C=O) groups excluding carboxylic acids is 1. The van der Waals surface area contributed by atoms with Gasteiger partial charge in [-0.1, -0.05) is 47.5 Å². The molecule has 0 radical (unpaired) electrons. The first-order chi connectivity index (χ1) is 28.2. The first kappa shape index (κ1) is 37.8. The van der Waals surface area contributed by atoms with Gasteiger partial charge < -0.3 is 19.5 Å². The molecule has 0 spiro atoms. The van der Waals surface area contributed by atoms with E-state index in [0.717, 1.165) is 79.4 Å². The van der Waals surface area contributed by atoms with E-state index in [2.05, 4.69) is 28.1 Å². The number of nitrogens with one attached hydrogen (secondary N) is 1. The normalized spacial score (nSPS) is 24.0. The molecule has 2 aromatic heterocycles. The molecule has 3 aromatic carbocycles. The number of fused-ring (bicyclic) bond motifs is 4. The number of hydrogen-bond acceptors (Lipinski definition) is 5. The predicted octanol–water partition coefficient (Wildman–Crippen LogP) is 10.8. The number of ether oxygens (including phenoxy) is 1. The average Bonchev–Trinajstić information content (AvgIpc) is 3.50. The zero-order chi connectivity index (χ0) is 39.8. The Hall–Kier alpha value is -4.40. The van der Waals surface area contributed by atoms with Crippen molar-refractivity contribution in [2.45, 2.75) is 95.0 Å². The minimum absolute atomic E-state index is 0.0457. The molecule has 11 rings (SSSR count). The number of carbonyl (C=O) groups is 1. The van der Waals surface area contributed by atoms with Crippen molar-refractivity contribution in [3.63, 3.8) is 0 Å². The number of benzene rings is 3. The number of aryl methyl sites for hydroxylation is 1. The van der Waals surface area contributed by atoms with Crippen molar-refractivity contribution in [2.75, 3.05) is 13.1 Å². The Balaban J connectivity index is 1.21. The fourth-order valence-electron chi connectivity index (χ4n) is 10.1. The molecule has 5 aromatic rings. The van der Waals surface area contributed by atoms with Gasteiger partial charge >= 0.3 is 0 Å². The monoisotopic (exact) mass is 823 g/mol. The maximum Gasteiger partial charge on any atom is 0.226 e. The summed E-state index contributed by atoms with van der Waals surface area (Å²) in [6, 6.07) is 15.2. The topological polar surface area (TPSA) is 83.2 Å². The Labute approximate surface area is 344 Å². The number of allylic oxidation sites excluding steroid dienone is 2. The maximum atomic E-state index is 17.7. The summed E-state index contributed by atoms with van der Waals surface area (Å²) in [4.78, 5) is 21.3. The molecule has 3 aliphatic carbocycles. The summed E-state index contributed by atoms with van der Waals surface area (Å²) < 4.78 is 55.8. The Bertz CT molecular complexity index is 2550. The lowest BCUT2D eigenvalue weighted by molar-refractivity contribution is -0.134. The molecule has 5 atom stereocenters. The molecular formula is C46H42Cl2F3N5O2. The molecule has 3 aliphatic heterocycles. The van der Waals surface area contributed by atoms with E-state index in [9.17, 15) is 18.8 Å². The largest absolute Gasteiger partial charge is 0.371 e. The van der Waals surface area contributed by atoms with Gasteiger partial charge in [-0.25, -0.2) is 18.2 Å². The second-order valence-corrected chi connectivity index (χ2v) is 17.5. The third kappa shape index (κ3) is 6.32.